The predicted molar refractivity (Wildman–Crippen MR) is 165 cm³/mol. The lowest BCUT2D eigenvalue weighted by atomic mass is 10.1. The van der Waals surface area contributed by atoms with Crippen molar-refractivity contribution in [3.63, 3.8) is 0 Å². The molecule has 210 valence electrons. The van der Waals surface area contributed by atoms with Gasteiger partial charge in [0, 0.05) is 55.1 Å². The topological polar surface area (TPSA) is 118 Å². The maximum Gasteiger partial charge on any atom is 0.322 e. The second-order valence-electron chi connectivity index (χ2n) is 10.1. The van der Waals surface area contributed by atoms with Crippen molar-refractivity contribution in [1.82, 2.24) is 19.4 Å². The number of hydrogen-bond acceptors (Lipinski definition) is 7. The minimum Gasteiger partial charge on any atom is -0.495 e. The van der Waals surface area contributed by atoms with Crippen molar-refractivity contribution in [2.45, 2.75) is 0 Å². The first-order valence-electron chi connectivity index (χ1n) is 13.3. The lowest BCUT2D eigenvalue weighted by Gasteiger charge is -2.32. The second kappa shape index (κ2) is 10.8. The second-order valence-corrected chi connectivity index (χ2v) is 11.0. The van der Waals surface area contributed by atoms with Gasteiger partial charge in [0.15, 0.2) is 0 Å². The van der Waals surface area contributed by atoms with E-state index in [1.165, 1.54) is 11.3 Å². The minimum absolute atomic E-state index is 0.175. The van der Waals surface area contributed by atoms with Crippen molar-refractivity contribution >= 4 is 61.5 Å². The van der Waals surface area contributed by atoms with Gasteiger partial charge in [0.05, 0.1) is 28.9 Å². The van der Waals surface area contributed by atoms with Gasteiger partial charge in [0.1, 0.15) is 17.3 Å². The highest BCUT2D eigenvalue weighted by atomic mass is 32.1. The molecule has 1 saturated heterocycles. The van der Waals surface area contributed by atoms with Gasteiger partial charge < -0.3 is 35.5 Å². The van der Waals surface area contributed by atoms with E-state index in [1.807, 2.05) is 71.4 Å². The summed E-state index contributed by atoms with van der Waals surface area (Å²) in [4.78, 5) is 35.3. The number of rotatable bonds is 5. The number of nitrogens with one attached hydrogen (secondary N) is 2. The molecule has 1 fully saturated rings. The number of piperazine rings is 1. The van der Waals surface area contributed by atoms with Gasteiger partial charge in [-0.05, 0) is 42.8 Å². The zero-order valence-electron chi connectivity index (χ0n) is 23.1. The van der Waals surface area contributed by atoms with E-state index in [4.69, 9.17) is 15.5 Å². The smallest absolute Gasteiger partial charge is 0.322 e. The molecular weight excluding hydrogens is 538 g/mol. The number of amides is 3. The Morgan fingerprint density at radius 1 is 1.00 bits per heavy atom. The average Bonchev–Trinajstić information content (AvgIpc) is 3.61. The first-order chi connectivity index (χ1) is 19.8. The average molecular weight is 570 g/mol. The number of nitrogen functional groups attached to an aromatic ring is 1. The molecule has 0 aliphatic carbocycles. The number of nitrogens with two attached hydrogens (primary N) is 1. The van der Waals surface area contributed by atoms with Crippen LogP contribution in [0.5, 0.6) is 5.75 Å². The molecule has 5 aromatic rings. The number of carbonyl (C=O) groups excluding carboxylic acids is 2. The summed E-state index contributed by atoms with van der Waals surface area (Å²) < 4.78 is 8.40. The Morgan fingerprint density at radius 3 is 2.54 bits per heavy atom. The summed E-state index contributed by atoms with van der Waals surface area (Å²) in [5.41, 5.74) is 10.2. The van der Waals surface area contributed by atoms with Crippen LogP contribution in [0.25, 0.3) is 32.2 Å². The largest absolute Gasteiger partial charge is 0.495 e. The highest BCUT2D eigenvalue weighted by molar-refractivity contribution is 7.18. The number of aromatic nitrogens is 2. The molecule has 3 aromatic heterocycles. The van der Waals surface area contributed by atoms with Gasteiger partial charge >= 0.3 is 6.03 Å². The molecule has 1 aliphatic rings. The van der Waals surface area contributed by atoms with Crippen LogP contribution in [0, 0.1) is 0 Å². The molecule has 4 N–H and O–H groups in total. The van der Waals surface area contributed by atoms with Crippen LogP contribution >= 0.6 is 11.3 Å². The Balaban J connectivity index is 1.34. The summed E-state index contributed by atoms with van der Waals surface area (Å²) in [7, 11) is 5.46. The van der Waals surface area contributed by atoms with Crippen LogP contribution in [0.15, 0.2) is 60.0 Å². The lowest BCUT2D eigenvalue weighted by Crippen LogP contribution is -2.48. The quantitative estimate of drug-likeness (QED) is 0.272. The van der Waals surface area contributed by atoms with E-state index in [0.29, 0.717) is 53.0 Å². The molecule has 41 heavy (non-hydrogen) atoms. The minimum atomic E-state index is -0.253. The predicted octanol–water partition coefficient (Wildman–Crippen LogP) is 5.08. The highest BCUT2D eigenvalue weighted by Gasteiger charge is 2.24. The number of benzene rings is 2. The van der Waals surface area contributed by atoms with Crippen LogP contribution in [0.1, 0.15) is 10.5 Å². The Morgan fingerprint density at radius 2 is 1.78 bits per heavy atom. The third kappa shape index (κ3) is 4.94. The molecule has 1 aliphatic heterocycles. The monoisotopic (exact) mass is 569 g/mol. The van der Waals surface area contributed by atoms with Crippen LogP contribution in [0.3, 0.4) is 0 Å². The van der Waals surface area contributed by atoms with Crippen LogP contribution < -0.4 is 21.1 Å². The van der Waals surface area contributed by atoms with Crippen molar-refractivity contribution in [3.8, 4) is 17.0 Å². The van der Waals surface area contributed by atoms with Crippen molar-refractivity contribution in [3.05, 3.63) is 65.7 Å². The molecule has 2 aromatic carbocycles. The molecule has 0 bridgehead atoms. The fraction of sp³-hybridized carbons (Fsp3) is 0.233. The molecule has 0 atom stereocenters. The van der Waals surface area contributed by atoms with E-state index < -0.39 is 0 Å². The van der Waals surface area contributed by atoms with Crippen LogP contribution in [0.2, 0.25) is 0 Å². The molecule has 6 rings (SSSR count). The van der Waals surface area contributed by atoms with Gasteiger partial charge in [0.2, 0.25) is 0 Å². The Hall–Kier alpha value is -4.61. The Bertz CT molecular complexity index is 1790. The number of thiophene rings is 1. The number of hydrogen-bond donors (Lipinski definition) is 3. The fourth-order valence-corrected chi connectivity index (χ4v) is 6.11. The van der Waals surface area contributed by atoms with E-state index in [0.717, 1.165) is 34.1 Å². The van der Waals surface area contributed by atoms with E-state index in [-0.39, 0.29) is 11.9 Å². The van der Waals surface area contributed by atoms with E-state index in [1.54, 1.807) is 19.2 Å². The third-order valence-electron chi connectivity index (χ3n) is 7.57. The van der Waals surface area contributed by atoms with Gasteiger partial charge in [-0.25, -0.2) is 9.78 Å². The van der Waals surface area contributed by atoms with Crippen LogP contribution in [-0.2, 0) is 7.05 Å². The summed E-state index contributed by atoms with van der Waals surface area (Å²) in [6.45, 7) is 2.93. The van der Waals surface area contributed by atoms with Gasteiger partial charge in [0.25, 0.3) is 5.91 Å². The normalized spacial score (nSPS) is 14.0. The van der Waals surface area contributed by atoms with E-state index in [2.05, 4.69) is 15.5 Å². The summed E-state index contributed by atoms with van der Waals surface area (Å²) in [5, 5.41) is 9.81. The molecule has 0 radical (unpaired) electrons. The van der Waals surface area contributed by atoms with E-state index in [9.17, 15) is 9.59 Å². The lowest BCUT2D eigenvalue weighted by molar-refractivity contribution is 0.101. The standard InChI is InChI=1S/C30H31N7O3S/c1-35-11-13-37(14-12-35)30(39)34-26-25(33-28(31)20-10-15-41-27(20)26)19-8-9-21(24(17-19)40-3)32-29(38)23-16-18-6-4-5-7-22(18)36(23)2/h4-10,15-17H,11-14H2,1-3H3,(H2,31,33)(H,32,38)(H,34,39). The number of pyridine rings is 1. The molecule has 0 spiro atoms. The van der Waals surface area contributed by atoms with Gasteiger partial charge in [-0.15, -0.1) is 11.3 Å². The molecule has 4 heterocycles. The molecule has 0 unspecified atom stereocenters. The third-order valence-corrected chi connectivity index (χ3v) is 8.50. The van der Waals surface area contributed by atoms with Gasteiger partial charge in [-0.2, -0.15) is 0 Å². The summed E-state index contributed by atoms with van der Waals surface area (Å²) >= 11 is 1.50. The number of anilines is 3. The number of nitrogens with zero attached hydrogens (tertiary/aromatic N) is 4. The first kappa shape index (κ1) is 26.6. The first-order valence-corrected chi connectivity index (χ1v) is 14.2. The summed E-state index contributed by atoms with van der Waals surface area (Å²) in [5.74, 6) is 0.579. The summed E-state index contributed by atoms with van der Waals surface area (Å²) in [6, 6.07) is 16.9. The zero-order chi connectivity index (χ0) is 28.7. The number of methoxy groups -OCH3 is 1. The van der Waals surface area contributed by atoms with E-state index >= 15 is 0 Å². The molecule has 10 nitrogen and oxygen atoms in total. The van der Waals surface area contributed by atoms with Crippen LogP contribution in [0.4, 0.5) is 22.0 Å². The molecule has 3 amide bonds. The Labute approximate surface area is 241 Å². The SMILES string of the molecule is COc1cc(-c2nc(N)c3ccsc3c2NC(=O)N2CCN(C)CC2)ccc1NC(=O)c1cc2ccccc2n1C. The number of para-hydroxylation sites is 1. The summed E-state index contributed by atoms with van der Waals surface area (Å²) in [6.07, 6.45) is 0. The van der Waals surface area contributed by atoms with Crippen molar-refractivity contribution < 1.29 is 14.3 Å². The maximum atomic E-state index is 13.3. The van der Waals surface area contributed by atoms with Gasteiger partial charge in [-0.3, -0.25) is 4.79 Å². The number of likely N-dealkylation sites (N-methyl/N-ethyl adjacent to an activating group) is 1. The van der Waals surface area contributed by atoms with Gasteiger partial charge in [-0.1, -0.05) is 24.3 Å². The molecule has 0 saturated carbocycles. The molecular formula is C30H31N7O3S. The number of urea groups is 1. The highest BCUT2D eigenvalue weighted by Crippen LogP contribution is 2.41. The van der Waals surface area contributed by atoms with Crippen molar-refractivity contribution in [1.29, 1.82) is 0 Å². The number of ether oxygens (including phenoxy) is 1. The number of aryl methyl sites for hydroxylation is 1. The zero-order valence-corrected chi connectivity index (χ0v) is 23.9. The maximum absolute atomic E-state index is 13.3. The van der Waals surface area contributed by atoms with Crippen LogP contribution in [-0.4, -0.2) is 71.6 Å². The number of fused-ring (bicyclic) bond motifs is 2. The number of carbonyl (C=O) groups is 2. The fourth-order valence-electron chi connectivity index (χ4n) is 5.20. The Kier molecular flexibility index (Phi) is 6.98. The van der Waals surface area contributed by atoms with Crippen molar-refractivity contribution in [2.75, 3.05) is 56.7 Å². The molecule has 11 heteroatoms. The van der Waals surface area contributed by atoms with Crippen molar-refractivity contribution in [2.24, 2.45) is 7.05 Å².